The molecule has 0 bridgehead atoms. The lowest BCUT2D eigenvalue weighted by Crippen LogP contribution is -2.29. The Morgan fingerprint density at radius 1 is 1.09 bits per heavy atom. The van der Waals surface area contributed by atoms with Crippen LogP contribution in [0.1, 0.15) is 12.0 Å². The molecule has 0 unspecified atom stereocenters. The molecule has 0 N–H and O–H groups in total. The highest BCUT2D eigenvalue weighted by Crippen LogP contribution is 2.23. The topological polar surface area (TPSA) is 38.8 Å². The molecule has 22 heavy (non-hydrogen) atoms. The molecule has 0 radical (unpaired) electrons. The van der Waals surface area contributed by atoms with Crippen LogP contribution < -0.4 is 9.47 Å². The van der Waals surface area contributed by atoms with Gasteiger partial charge in [0.2, 0.25) is 0 Å². The number of amides is 1. The Balaban J connectivity index is 1.61. The van der Waals surface area contributed by atoms with Crippen LogP contribution in [0.5, 0.6) is 11.5 Å². The molecule has 114 valence electrons. The van der Waals surface area contributed by atoms with Gasteiger partial charge in [0.1, 0.15) is 18.1 Å². The van der Waals surface area contributed by atoms with Gasteiger partial charge in [-0.1, -0.05) is 36.4 Å². The summed E-state index contributed by atoms with van der Waals surface area (Å²) in [6.45, 7) is 1.25. The van der Waals surface area contributed by atoms with Crippen molar-refractivity contribution in [3.63, 3.8) is 0 Å². The second-order valence-corrected chi connectivity index (χ2v) is 5.40. The smallest absolute Gasteiger partial charge is 0.263 e. The van der Waals surface area contributed by atoms with E-state index in [1.165, 1.54) is 0 Å². The van der Waals surface area contributed by atoms with E-state index in [4.69, 9.17) is 9.47 Å². The quantitative estimate of drug-likeness (QED) is 0.852. The van der Waals surface area contributed by atoms with Gasteiger partial charge < -0.3 is 14.4 Å². The van der Waals surface area contributed by atoms with Crippen molar-refractivity contribution in [2.45, 2.75) is 19.1 Å². The van der Waals surface area contributed by atoms with Gasteiger partial charge in [0.15, 0.2) is 6.10 Å². The van der Waals surface area contributed by atoms with E-state index >= 15 is 0 Å². The van der Waals surface area contributed by atoms with Gasteiger partial charge in [-0.3, -0.25) is 4.79 Å². The predicted octanol–water partition coefficient (Wildman–Crippen LogP) is 2.88. The van der Waals surface area contributed by atoms with Gasteiger partial charge in [-0.25, -0.2) is 0 Å². The standard InChI is InChI=1S/C18H19NO3/c1-19-11-10-17(18(19)20)22-16-9-5-8-15(12-16)21-13-14-6-3-2-4-7-14/h2-9,12,17H,10-11,13H2,1H3/t17-/m0/s1. The Labute approximate surface area is 130 Å². The van der Waals surface area contributed by atoms with Gasteiger partial charge in [0.25, 0.3) is 5.91 Å². The molecule has 3 rings (SSSR count). The molecule has 2 aromatic carbocycles. The van der Waals surface area contributed by atoms with Crippen molar-refractivity contribution in [3.05, 3.63) is 60.2 Å². The van der Waals surface area contributed by atoms with E-state index in [2.05, 4.69) is 0 Å². The zero-order chi connectivity index (χ0) is 15.4. The SMILES string of the molecule is CN1CC[C@H](Oc2cccc(OCc3ccccc3)c2)C1=O. The summed E-state index contributed by atoms with van der Waals surface area (Å²) in [6.07, 6.45) is 0.346. The summed E-state index contributed by atoms with van der Waals surface area (Å²) in [4.78, 5) is 13.6. The summed E-state index contributed by atoms with van der Waals surface area (Å²) in [5, 5.41) is 0. The highest BCUT2D eigenvalue weighted by molar-refractivity contribution is 5.83. The molecule has 1 amide bonds. The Morgan fingerprint density at radius 2 is 1.86 bits per heavy atom. The molecular weight excluding hydrogens is 278 g/mol. The van der Waals surface area contributed by atoms with Crippen LogP contribution in [0, 0.1) is 0 Å². The Kier molecular flexibility index (Phi) is 4.28. The summed E-state index contributed by atoms with van der Waals surface area (Å²) in [5.41, 5.74) is 1.11. The molecule has 1 heterocycles. The van der Waals surface area contributed by atoms with Crippen LogP contribution in [0.15, 0.2) is 54.6 Å². The molecule has 1 aliphatic rings. The molecule has 0 saturated carbocycles. The van der Waals surface area contributed by atoms with Gasteiger partial charge in [-0.2, -0.15) is 0 Å². The highest BCUT2D eigenvalue weighted by Gasteiger charge is 2.30. The maximum absolute atomic E-state index is 11.9. The van der Waals surface area contributed by atoms with Crippen LogP contribution >= 0.6 is 0 Å². The number of likely N-dealkylation sites (tertiary alicyclic amines) is 1. The third-order valence-corrected chi connectivity index (χ3v) is 3.71. The lowest BCUT2D eigenvalue weighted by molar-refractivity contribution is -0.132. The van der Waals surface area contributed by atoms with E-state index in [9.17, 15) is 4.79 Å². The van der Waals surface area contributed by atoms with Crippen LogP contribution in [0.2, 0.25) is 0 Å². The average Bonchev–Trinajstić information content (AvgIpc) is 2.86. The molecule has 2 aromatic rings. The fourth-order valence-corrected chi connectivity index (χ4v) is 2.44. The van der Waals surface area contributed by atoms with Crippen molar-refractivity contribution in [1.82, 2.24) is 4.90 Å². The number of carbonyl (C=O) groups excluding carboxylic acids is 1. The summed E-state index contributed by atoms with van der Waals surface area (Å²) < 4.78 is 11.5. The van der Waals surface area contributed by atoms with Gasteiger partial charge in [-0.05, 0) is 17.7 Å². The minimum Gasteiger partial charge on any atom is -0.489 e. The number of ether oxygens (including phenoxy) is 2. The number of likely N-dealkylation sites (N-methyl/N-ethyl adjacent to an activating group) is 1. The summed E-state index contributed by atoms with van der Waals surface area (Å²) in [6, 6.07) is 17.4. The summed E-state index contributed by atoms with van der Waals surface area (Å²) in [7, 11) is 1.80. The van der Waals surface area contributed by atoms with Crippen LogP contribution in [0.3, 0.4) is 0 Å². The molecule has 0 aromatic heterocycles. The van der Waals surface area contributed by atoms with Gasteiger partial charge in [0, 0.05) is 26.1 Å². The van der Waals surface area contributed by atoms with Gasteiger partial charge in [-0.15, -0.1) is 0 Å². The minimum atomic E-state index is -0.380. The van der Waals surface area contributed by atoms with Crippen LogP contribution in [-0.4, -0.2) is 30.5 Å². The number of nitrogens with zero attached hydrogens (tertiary/aromatic N) is 1. The van der Waals surface area contributed by atoms with E-state index < -0.39 is 0 Å². The first-order valence-corrected chi connectivity index (χ1v) is 7.41. The third kappa shape index (κ3) is 3.39. The normalized spacial score (nSPS) is 17.6. The van der Waals surface area contributed by atoms with Crippen molar-refractivity contribution in [2.24, 2.45) is 0 Å². The largest absolute Gasteiger partial charge is 0.489 e. The number of hydrogen-bond acceptors (Lipinski definition) is 3. The van der Waals surface area contributed by atoms with E-state index in [0.29, 0.717) is 12.4 Å². The first-order chi connectivity index (χ1) is 10.7. The first kappa shape index (κ1) is 14.4. The van der Waals surface area contributed by atoms with E-state index in [0.717, 1.165) is 24.3 Å². The lowest BCUT2D eigenvalue weighted by atomic mass is 10.2. The molecule has 0 spiro atoms. The number of rotatable bonds is 5. The van der Waals surface area contributed by atoms with Crippen molar-refractivity contribution < 1.29 is 14.3 Å². The third-order valence-electron chi connectivity index (χ3n) is 3.71. The summed E-state index contributed by atoms with van der Waals surface area (Å²) >= 11 is 0. The predicted molar refractivity (Wildman–Crippen MR) is 83.9 cm³/mol. The fourth-order valence-electron chi connectivity index (χ4n) is 2.44. The van der Waals surface area contributed by atoms with Crippen LogP contribution in [0.25, 0.3) is 0 Å². The van der Waals surface area contributed by atoms with E-state index in [-0.39, 0.29) is 12.0 Å². The van der Waals surface area contributed by atoms with Crippen LogP contribution in [0.4, 0.5) is 0 Å². The van der Waals surface area contributed by atoms with Crippen molar-refractivity contribution in [3.8, 4) is 11.5 Å². The summed E-state index contributed by atoms with van der Waals surface area (Å²) in [5.74, 6) is 1.44. The molecule has 4 heteroatoms. The van der Waals surface area contributed by atoms with E-state index in [1.807, 2.05) is 54.6 Å². The Hall–Kier alpha value is -2.49. The lowest BCUT2D eigenvalue weighted by Gasteiger charge is -2.14. The van der Waals surface area contributed by atoms with E-state index in [1.54, 1.807) is 11.9 Å². The number of hydrogen-bond donors (Lipinski definition) is 0. The van der Waals surface area contributed by atoms with Gasteiger partial charge >= 0.3 is 0 Å². The molecule has 0 aliphatic carbocycles. The second-order valence-electron chi connectivity index (χ2n) is 5.40. The van der Waals surface area contributed by atoms with Crippen molar-refractivity contribution in [2.75, 3.05) is 13.6 Å². The van der Waals surface area contributed by atoms with Crippen molar-refractivity contribution in [1.29, 1.82) is 0 Å². The Bertz CT molecular complexity index is 642. The second kappa shape index (κ2) is 6.52. The monoisotopic (exact) mass is 297 g/mol. The number of carbonyl (C=O) groups is 1. The molecular formula is C18H19NO3. The maximum Gasteiger partial charge on any atom is 0.263 e. The fraction of sp³-hybridized carbons (Fsp3) is 0.278. The zero-order valence-electron chi connectivity index (χ0n) is 12.6. The molecule has 1 atom stereocenters. The highest BCUT2D eigenvalue weighted by atomic mass is 16.5. The van der Waals surface area contributed by atoms with Gasteiger partial charge in [0.05, 0.1) is 0 Å². The zero-order valence-corrected chi connectivity index (χ0v) is 12.6. The van der Waals surface area contributed by atoms with Crippen LogP contribution in [-0.2, 0) is 11.4 Å². The average molecular weight is 297 g/mol. The molecule has 4 nitrogen and oxygen atoms in total. The molecule has 1 fully saturated rings. The Morgan fingerprint density at radius 3 is 2.59 bits per heavy atom. The maximum atomic E-state index is 11.9. The minimum absolute atomic E-state index is 0.0376. The first-order valence-electron chi connectivity index (χ1n) is 7.41. The molecule has 1 saturated heterocycles. The number of benzene rings is 2. The molecule has 1 aliphatic heterocycles. The van der Waals surface area contributed by atoms with Crippen molar-refractivity contribution >= 4 is 5.91 Å².